The monoisotopic (exact) mass is 198 g/mol. The number of nitrogens with zero attached hydrogens (tertiary/aromatic N) is 2. The number of fused-ring (bicyclic) bond motifs is 5. The van der Waals surface area contributed by atoms with Gasteiger partial charge >= 0.3 is 5.84 Å². The van der Waals surface area contributed by atoms with E-state index in [-0.39, 0.29) is 0 Å². The SMILES string of the molecule is c1ccc2c(c1)nc1oc3ccoc3n12. The summed E-state index contributed by atoms with van der Waals surface area (Å²) in [6.07, 6.45) is 1.61. The van der Waals surface area contributed by atoms with Crippen molar-refractivity contribution in [2.45, 2.75) is 0 Å². The maximum Gasteiger partial charge on any atom is 0.310 e. The van der Waals surface area contributed by atoms with Crippen LogP contribution in [-0.2, 0) is 0 Å². The van der Waals surface area contributed by atoms with Gasteiger partial charge in [-0.1, -0.05) is 12.1 Å². The number of oxazole rings is 1. The van der Waals surface area contributed by atoms with Crippen LogP contribution in [0.15, 0.2) is 45.4 Å². The number of aromatic nitrogens is 2. The van der Waals surface area contributed by atoms with Gasteiger partial charge in [0.1, 0.15) is 0 Å². The number of hydrogen-bond acceptors (Lipinski definition) is 3. The standard InChI is InChI=1S/C11H6N2O2/c1-2-4-8-7(3-1)12-11-13(8)10-9(15-11)5-6-14-10/h1-6H. The molecule has 0 aliphatic rings. The van der Waals surface area contributed by atoms with Gasteiger partial charge in [-0.25, -0.2) is 4.40 Å². The normalized spacial score (nSPS) is 12.0. The van der Waals surface area contributed by atoms with Gasteiger partial charge in [-0.2, -0.15) is 4.98 Å². The van der Waals surface area contributed by atoms with Crippen LogP contribution in [0.25, 0.3) is 28.2 Å². The first-order valence-corrected chi connectivity index (χ1v) is 4.67. The maximum absolute atomic E-state index is 5.54. The third kappa shape index (κ3) is 0.747. The van der Waals surface area contributed by atoms with Gasteiger partial charge in [-0.3, -0.25) is 0 Å². The molecule has 0 saturated carbocycles. The summed E-state index contributed by atoms with van der Waals surface area (Å²) in [5.41, 5.74) is 3.35. The molecule has 0 aliphatic heterocycles. The Morgan fingerprint density at radius 3 is 3.07 bits per heavy atom. The highest BCUT2D eigenvalue weighted by molar-refractivity contribution is 5.85. The lowest BCUT2D eigenvalue weighted by Crippen LogP contribution is -1.76. The second-order valence-corrected chi connectivity index (χ2v) is 3.41. The Kier molecular flexibility index (Phi) is 1.06. The Bertz CT molecular complexity index is 775. The van der Waals surface area contributed by atoms with Gasteiger partial charge in [0, 0.05) is 6.07 Å². The average molecular weight is 198 g/mol. The molecular weight excluding hydrogens is 192 g/mol. The Labute approximate surface area is 83.7 Å². The second-order valence-electron chi connectivity index (χ2n) is 3.41. The predicted octanol–water partition coefficient (Wildman–Crippen LogP) is 2.83. The van der Waals surface area contributed by atoms with Crippen molar-refractivity contribution < 1.29 is 8.83 Å². The summed E-state index contributed by atoms with van der Waals surface area (Å²) in [6, 6.07) is 9.66. The minimum Gasteiger partial charge on any atom is -0.445 e. The summed E-state index contributed by atoms with van der Waals surface area (Å²) < 4.78 is 12.8. The van der Waals surface area contributed by atoms with E-state index in [1.54, 1.807) is 12.3 Å². The molecule has 0 fully saturated rings. The third-order valence-electron chi connectivity index (χ3n) is 2.54. The van der Waals surface area contributed by atoms with E-state index in [4.69, 9.17) is 8.83 Å². The molecule has 15 heavy (non-hydrogen) atoms. The lowest BCUT2D eigenvalue weighted by atomic mass is 10.3. The summed E-state index contributed by atoms with van der Waals surface area (Å²) in [7, 11) is 0. The van der Waals surface area contributed by atoms with Crippen LogP contribution in [0, 0.1) is 0 Å². The number of hydrogen-bond donors (Lipinski definition) is 0. The van der Waals surface area contributed by atoms with Crippen LogP contribution in [0.2, 0.25) is 0 Å². The van der Waals surface area contributed by atoms with Gasteiger partial charge in [0.05, 0.1) is 17.3 Å². The van der Waals surface area contributed by atoms with Crippen molar-refractivity contribution in [1.29, 1.82) is 0 Å². The fourth-order valence-corrected chi connectivity index (χ4v) is 1.90. The molecule has 0 spiro atoms. The van der Waals surface area contributed by atoms with Crippen molar-refractivity contribution >= 4 is 28.2 Å². The molecule has 4 heteroatoms. The average Bonchev–Trinajstić information content (AvgIpc) is 2.85. The van der Waals surface area contributed by atoms with E-state index in [1.165, 1.54) is 0 Å². The molecule has 4 nitrogen and oxygen atoms in total. The first-order valence-electron chi connectivity index (χ1n) is 4.67. The van der Waals surface area contributed by atoms with Gasteiger partial charge in [0.25, 0.3) is 5.71 Å². The number of furan rings is 1. The fourth-order valence-electron chi connectivity index (χ4n) is 1.90. The highest BCUT2D eigenvalue weighted by Gasteiger charge is 2.13. The summed E-state index contributed by atoms with van der Waals surface area (Å²) in [4.78, 5) is 4.36. The Balaban J connectivity index is 2.42. The molecule has 0 N–H and O–H groups in total. The molecule has 0 radical (unpaired) electrons. The molecule has 3 heterocycles. The minimum absolute atomic E-state index is 0.575. The topological polar surface area (TPSA) is 43.6 Å². The molecule has 0 atom stereocenters. The molecule has 4 aromatic rings. The highest BCUT2D eigenvalue weighted by atomic mass is 16.4. The van der Waals surface area contributed by atoms with Gasteiger partial charge in [0.2, 0.25) is 0 Å². The van der Waals surface area contributed by atoms with Crippen LogP contribution in [0.4, 0.5) is 0 Å². The van der Waals surface area contributed by atoms with Gasteiger partial charge in [0.15, 0.2) is 5.58 Å². The lowest BCUT2D eigenvalue weighted by Gasteiger charge is -1.87. The zero-order chi connectivity index (χ0) is 9.83. The Morgan fingerprint density at radius 2 is 2.07 bits per heavy atom. The fraction of sp³-hybridized carbons (Fsp3) is 0. The molecule has 0 aliphatic carbocycles. The van der Waals surface area contributed by atoms with Crippen LogP contribution in [0.1, 0.15) is 0 Å². The molecule has 72 valence electrons. The third-order valence-corrected chi connectivity index (χ3v) is 2.54. The summed E-state index contributed by atoms with van der Waals surface area (Å²) >= 11 is 0. The van der Waals surface area contributed by atoms with Crippen LogP contribution in [-0.4, -0.2) is 9.38 Å². The summed E-state index contributed by atoms with van der Waals surface area (Å²) in [5.74, 6) is 0.575. The van der Waals surface area contributed by atoms with Crippen LogP contribution in [0.3, 0.4) is 0 Å². The number of imidazole rings is 1. The Morgan fingerprint density at radius 1 is 1.13 bits per heavy atom. The van der Waals surface area contributed by atoms with Crippen molar-refractivity contribution in [2.24, 2.45) is 0 Å². The van der Waals surface area contributed by atoms with Crippen molar-refractivity contribution in [3.63, 3.8) is 0 Å². The van der Waals surface area contributed by atoms with E-state index in [9.17, 15) is 0 Å². The first-order chi connectivity index (χ1) is 7.43. The van der Waals surface area contributed by atoms with Crippen LogP contribution in [0.5, 0.6) is 0 Å². The first kappa shape index (κ1) is 7.11. The Hall–Kier alpha value is -2.23. The van der Waals surface area contributed by atoms with E-state index >= 15 is 0 Å². The molecular formula is C11H6N2O2. The van der Waals surface area contributed by atoms with Crippen LogP contribution < -0.4 is 0 Å². The second kappa shape index (κ2) is 2.23. The zero-order valence-electron chi connectivity index (χ0n) is 7.68. The zero-order valence-corrected chi connectivity index (χ0v) is 7.68. The minimum atomic E-state index is 0.575. The van der Waals surface area contributed by atoms with E-state index in [1.807, 2.05) is 28.7 Å². The lowest BCUT2D eigenvalue weighted by molar-refractivity contribution is 0.601. The quantitative estimate of drug-likeness (QED) is 0.436. The van der Waals surface area contributed by atoms with Gasteiger partial charge < -0.3 is 8.83 Å². The number of para-hydroxylation sites is 2. The number of benzene rings is 1. The predicted molar refractivity (Wildman–Crippen MR) is 54.7 cm³/mol. The van der Waals surface area contributed by atoms with Crippen molar-refractivity contribution in [1.82, 2.24) is 9.38 Å². The molecule has 0 saturated heterocycles. The van der Waals surface area contributed by atoms with E-state index in [2.05, 4.69) is 4.98 Å². The molecule has 0 unspecified atom stereocenters. The van der Waals surface area contributed by atoms with E-state index in [0.29, 0.717) is 11.6 Å². The summed E-state index contributed by atoms with van der Waals surface area (Å²) in [6.45, 7) is 0. The maximum atomic E-state index is 5.54. The van der Waals surface area contributed by atoms with Crippen molar-refractivity contribution in [2.75, 3.05) is 0 Å². The van der Waals surface area contributed by atoms with E-state index in [0.717, 1.165) is 16.6 Å². The van der Waals surface area contributed by atoms with Gasteiger partial charge in [-0.05, 0) is 12.1 Å². The molecule has 1 aromatic carbocycles. The van der Waals surface area contributed by atoms with Crippen molar-refractivity contribution in [3.8, 4) is 0 Å². The van der Waals surface area contributed by atoms with Crippen molar-refractivity contribution in [3.05, 3.63) is 36.6 Å². The van der Waals surface area contributed by atoms with Gasteiger partial charge in [-0.15, -0.1) is 0 Å². The highest BCUT2D eigenvalue weighted by Crippen LogP contribution is 2.25. The summed E-state index contributed by atoms with van der Waals surface area (Å²) in [5, 5.41) is 0. The molecule has 0 amide bonds. The van der Waals surface area contributed by atoms with Crippen LogP contribution >= 0.6 is 0 Å². The van der Waals surface area contributed by atoms with E-state index < -0.39 is 0 Å². The molecule has 0 bridgehead atoms. The largest absolute Gasteiger partial charge is 0.445 e. The smallest absolute Gasteiger partial charge is 0.310 e. The molecule has 4 rings (SSSR count). The molecule has 3 aromatic heterocycles. The number of rotatable bonds is 0.